The van der Waals surface area contributed by atoms with E-state index in [-0.39, 0.29) is 5.78 Å². The molecule has 1 aromatic heterocycles. The summed E-state index contributed by atoms with van der Waals surface area (Å²) in [6, 6.07) is 21.8. The normalized spacial score (nSPS) is 11.1. The number of nitrogens with zero attached hydrogens (tertiary/aromatic N) is 1. The molecule has 0 aliphatic rings. The number of fused-ring (bicyclic) bond motifs is 3. The Morgan fingerprint density at radius 1 is 0.750 bits per heavy atom. The molecule has 0 bridgehead atoms. The molecular weight excluding hydrogens is 294 g/mol. The molecule has 0 N–H and O–H groups in total. The second-order valence-electron chi connectivity index (χ2n) is 6.22. The highest BCUT2D eigenvalue weighted by atomic mass is 16.1. The third-order valence-corrected chi connectivity index (χ3v) is 4.39. The number of aromatic nitrogens is 1. The van der Waals surface area contributed by atoms with Crippen LogP contribution in [-0.2, 0) is 0 Å². The van der Waals surface area contributed by atoms with Crippen LogP contribution in [0.4, 0.5) is 0 Å². The van der Waals surface area contributed by atoms with Gasteiger partial charge in [-0.2, -0.15) is 0 Å². The molecular formula is C22H17NO. The van der Waals surface area contributed by atoms with E-state index in [0.29, 0.717) is 11.3 Å². The van der Waals surface area contributed by atoms with Crippen LogP contribution in [0.2, 0.25) is 0 Å². The monoisotopic (exact) mass is 311 g/mol. The molecule has 0 amide bonds. The Morgan fingerprint density at radius 3 is 2.17 bits per heavy atom. The van der Waals surface area contributed by atoms with E-state index >= 15 is 0 Å². The molecule has 4 aromatic rings. The predicted octanol–water partition coefficient (Wildman–Crippen LogP) is 5.24. The Bertz CT molecular complexity index is 1080. The lowest BCUT2D eigenvalue weighted by molar-refractivity contribution is 0.103. The second-order valence-corrected chi connectivity index (χ2v) is 6.22. The van der Waals surface area contributed by atoms with Gasteiger partial charge >= 0.3 is 0 Å². The Morgan fingerprint density at radius 2 is 1.42 bits per heavy atom. The molecule has 2 heteroatoms. The maximum atomic E-state index is 13.0. The maximum absolute atomic E-state index is 13.0. The SMILES string of the molecule is Cc1ccc(C(=O)c2nc3ccc(C)cc3c3ccccc23)cc1. The first-order chi connectivity index (χ1) is 11.6. The molecule has 1 heterocycles. The third-order valence-electron chi connectivity index (χ3n) is 4.39. The Kier molecular flexibility index (Phi) is 3.39. The van der Waals surface area contributed by atoms with Gasteiger partial charge in [-0.05, 0) is 31.4 Å². The predicted molar refractivity (Wildman–Crippen MR) is 98.6 cm³/mol. The molecule has 0 radical (unpaired) electrons. The van der Waals surface area contributed by atoms with Gasteiger partial charge in [-0.25, -0.2) is 4.98 Å². The van der Waals surface area contributed by atoms with Gasteiger partial charge in [-0.1, -0.05) is 65.7 Å². The van der Waals surface area contributed by atoms with Crippen LogP contribution in [0.15, 0.2) is 66.7 Å². The molecule has 0 atom stereocenters. The minimum atomic E-state index is -0.0336. The number of rotatable bonds is 2. The lowest BCUT2D eigenvalue weighted by Gasteiger charge is -2.10. The van der Waals surface area contributed by atoms with Crippen molar-refractivity contribution in [2.45, 2.75) is 13.8 Å². The minimum Gasteiger partial charge on any atom is -0.287 e. The number of carbonyl (C=O) groups is 1. The molecule has 0 aliphatic heterocycles. The molecule has 0 spiro atoms. The molecule has 0 aliphatic carbocycles. The molecule has 0 saturated heterocycles. The number of benzene rings is 3. The fourth-order valence-corrected chi connectivity index (χ4v) is 3.08. The Labute approximate surface area is 140 Å². The summed E-state index contributed by atoms with van der Waals surface area (Å²) >= 11 is 0. The summed E-state index contributed by atoms with van der Waals surface area (Å²) in [6.45, 7) is 4.08. The minimum absolute atomic E-state index is 0.0336. The van der Waals surface area contributed by atoms with Crippen molar-refractivity contribution in [3.63, 3.8) is 0 Å². The molecule has 2 nitrogen and oxygen atoms in total. The van der Waals surface area contributed by atoms with Gasteiger partial charge in [-0.15, -0.1) is 0 Å². The summed E-state index contributed by atoms with van der Waals surface area (Å²) < 4.78 is 0. The first-order valence-electron chi connectivity index (χ1n) is 8.04. The zero-order valence-electron chi connectivity index (χ0n) is 13.7. The largest absolute Gasteiger partial charge is 0.287 e. The van der Waals surface area contributed by atoms with E-state index in [1.54, 1.807) is 0 Å². The van der Waals surface area contributed by atoms with Gasteiger partial charge in [0.15, 0.2) is 0 Å². The van der Waals surface area contributed by atoms with Crippen molar-refractivity contribution >= 4 is 27.5 Å². The van der Waals surface area contributed by atoms with Crippen molar-refractivity contribution in [1.29, 1.82) is 0 Å². The molecule has 0 fully saturated rings. The van der Waals surface area contributed by atoms with Crippen LogP contribution in [0.5, 0.6) is 0 Å². The van der Waals surface area contributed by atoms with E-state index in [1.165, 1.54) is 5.56 Å². The molecule has 24 heavy (non-hydrogen) atoms. The summed E-state index contributed by atoms with van der Waals surface area (Å²) in [4.78, 5) is 17.7. The van der Waals surface area contributed by atoms with Crippen molar-refractivity contribution in [3.8, 4) is 0 Å². The smallest absolute Gasteiger partial charge is 0.212 e. The fourth-order valence-electron chi connectivity index (χ4n) is 3.08. The van der Waals surface area contributed by atoms with Crippen LogP contribution in [-0.4, -0.2) is 10.8 Å². The first kappa shape index (κ1) is 14.6. The van der Waals surface area contributed by atoms with E-state index in [4.69, 9.17) is 4.98 Å². The van der Waals surface area contributed by atoms with E-state index in [1.807, 2.05) is 61.5 Å². The molecule has 3 aromatic carbocycles. The van der Waals surface area contributed by atoms with Crippen LogP contribution < -0.4 is 0 Å². The Balaban J connectivity index is 2.02. The van der Waals surface area contributed by atoms with Gasteiger partial charge in [0.25, 0.3) is 0 Å². The lowest BCUT2D eigenvalue weighted by Crippen LogP contribution is -2.05. The average Bonchev–Trinajstić information content (AvgIpc) is 2.61. The third kappa shape index (κ3) is 2.37. The highest BCUT2D eigenvalue weighted by molar-refractivity contribution is 6.19. The first-order valence-corrected chi connectivity index (χ1v) is 8.04. The number of pyridine rings is 1. The number of aryl methyl sites for hydroxylation is 2. The quantitative estimate of drug-likeness (QED) is 0.374. The molecule has 0 saturated carbocycles. The summed E-state index contributed by atoms with van der Waals surface area (Å²) in [6.07, 6.45) is 0. The van der Waals surface area contributed by atoms with Gasteiger partial charge in [0.2, 0.25) is 5.78 Å². The van der Waals surface area contributed by atoms with Crippen molar-refractivity contribution in [1.82, 2.24) is 4.98 Å². The topological polar surface area (TPSA) is 30.0 Å². The standard InChI is InChI=1S/C22H17NO/c1-14-7-10-16(11-8-14)22(24)21-18-6-4-3-5-17(18)19-13-15(2)9-12-20(19)23-21/h3-13H,1-2H3. The van der Waals surface area contributed by atoms with Crippen molar-refractivity contribution in [3.05, 3.63) is 89.1 Å². The van der Waals surface area contributed by atoms with E-state index < -0.39 is 0 Å². The lowest BCUT2D eigenvalue weighted by atomic mass is 9.98. The van der Waals surface area contributed by atoms with E-state index in [0.717, 1.165) is 27.2 Å². The number of carbonyl (C=O) groups excluding carboxylic acids is 1. The highest BCUT2D eigenvalue weighted by Crippen LogP contribution is 2.28. The molecule has 116 valence electrons. The summed E-state index contributed by atoms with van der Waals surface area (Å²) in [5, 5.41) is 3.06. The summed E-state index contributed by atoms with van der Waals surface area (Å²) in [5.74, 6) is -0.0336. The van der Waals surface area contributed by atoms with Crippen LogP contribution in [0, 0.1) is 13.8 Å². The summed E-state index contributed by atoms with van der Waals surface area (Å²) in [5.41, 5.74) is 4.37. The number of ketones is 1. The van der Waals surface area contributed by atoms with Crippen molar-refractivity contribution in [2.75, 3.05) is 0 Å². The zero-order valence-corrected chi connectivity index (χ0v) is 13.7. The van der Waals surface area contributed by atoms with Gasteiger partial charge < -0.3 is 0 Å². The molecule has 4 rings (SSSR count). The van der Waals surface area contributed by atoms with Gasteiger partial charge in [0, 0.05) is 16.3 Å². The number of hydrogen-bond donors (Lipinski definition) is 0. The van der Waals surface area contributed by atoms with Crippen LogP contribution in [0.25, 0.3) is 21.7 Å². The van der Waals surface area contributed by atoms with Crippen LogP contribution in [0.3, 0.4) is 0 Å². The van der Waals surface area contributed by atoms with E-state index in [2.05, 4.69) is 19.1 Å². The number of hydrogen-bond acceptors (Lipinski definition) is 2. The molecule has 0 unspecified atom stereocenters. The van der Waals surface area contributed by atoms with Crippen LogP contribution >= 0.6 is 0 Å². The van der Waals surface area contributed by atoms with E-state index in [9.17, 15) is 4.79 Å². The maximum Gasteiger partial charge on any atom is 0.212 e. The van der Waals surface area contributed by atoms with Gasteiger partial charge in [-0.3, -0.25) is 4.79 Å². The summed E-state index contributed by atoms with van der Waals surface area (Å²) in [7, 11) is 0. The van der Waals surface area contributed by atoms with Crippen molar-refractivity contribution in [2.24, 2.45) is 0 Å². The highest BCUT2D eigenvalue weighted by Gasteiger charge is 2.16. The Hall–Kier alpha value is -3.00. The second kappa shape index (κ2) is 5.57. The van der Waals surface area contributed by atoms with Gasteiger partial charge in [0.1, 0.15) is 5.69 Å². The van der Waals surface area contributed by atoms with Crippen molar-refractivity contribution < 1.29 is 4.79 Å². The van der Waals surface area contributed by atoms with Crippen LogP contribution in [0.1, 0.15) is 27.2 Å². The average molecular weight is 311 g/mol. The fraction of sp³-hybridized carbons (Fsp3) is 0.0909. The zero-order chi connectivity index (χ0) is 16.7. The van der Waals surface area contributed by atoms with Gasteiger partial charge in [0.05, 0.1) is 5.52 Å².